The van der Waals surface area contributed by atoms with Crippen LogP contribution in [0.3, 0.4) is 0 Å². The summed E-state index contributed by atoms with van der Waals surface area (Å²) in [5.41, 5.74) is -0.119. The third-order valence-corrected chi connectivity index (χ3v) is 5.03. The molecule has 4 rings (SSSR count). The highest BCUT2D eigenvalue weighted by atomic mass is 19.4. The highest BCUT2D eigenvalue weighted by Gasteiger charge is 2.31. The monoisotopic (exact) mass is 432 g/mol. The minimum Gasteiger partial charge on any atom is -0.508 e. The molecule has 0 spiro atoms. The Bertz CT molecular complexity index is 1080. The number of hydrogen-bond acceptors (Lipinski definition) is 6. The van der Waals surface area contributed by atoms with Crippen LogP contribution >= 0.6 is 0 Å². The molecule has 0 bridgehead atoms. The number of benzene rings is 2. The van der Waals surface area contributed by atoms with Gasteiger partial charge in [0.25, 0.3) is 5.91 Å². The average molecular weight is 432 g/mol. The number of hydrogen-bond donors (Lipinski definition) is 1. The molecule has 1 aliphatic heterocycles. The Balaban J connectivity index is 1.36. The van der Waals surface area contributed by atoms with Gasteiger partial charge in [-0.15, -0.1) is 0 Å². The molecule has 0 aliphatic carbocycles. The molecule has 1 amide bonds. The van der Waals surface area contributed by atoms with E-state index in [0.717, 1.165) is 12.1 Å². The van der Waals surface area contributed by atoms with Crippen molar-refractivity contribution in [2.75, 3.05) is 26.2 Å². The van der Waals surface area contributed by atoms with E-state index in [4.69, 9.17) is 4.52 Å². The molecule has 2 heterocycles. The number of carbonyl (C=O) groups excluding carboxylic acids is 1. The molecule has 1 N–H and O–H groups in total. The lowest BCUT2D eigenvalue weighted by atomic mass is 10.1. The van der Waals surface area contributed by atoms with Crippen molar-refractivity contribution in [1.29, 1.82) is 0 Å². The molecule has 162 valence electrons. The molecule has 3 aromatic rings. The van der Waals surface area contributed by atoms with Crippen LogP contribution in [0.2, 0.25) is 0 Å². The zero-order valence-electron chi connectivity index (χ0n) is 16.3. The van der Waals surface area contributed by atoms with E-state index in [9.17, 15) is 23.1 Å². The third-order valence-electron chi connectivity index (χ3n) is 5.03. The second-order valence-electron chi connectivity index (χ2n) is 7.21. The summed E-state index contributed by atoms with van der Waals surface area (Å²) in [6.45, 7) is 2.46. The van der Waals surface area contributed by atoms with E-state index in [1.165, 1.54) is 24.3 Å². The van der Waals surface area contributed by atoms with Crippen molar-refractivity contribution in [1.82, 2.24) is 19.9 Å². The van der Waals surface area contributed by atoms with E-state index < -0.39 is 11.7 Å². The Labute approximate surface area is 175 Å². The van der Waals surface area contributed by atoms with Crippen LogP contribution in [0.1, 0.15) is 21.8 Å². The first kappa shape index (κ1) is 20.9. The lowest BCUT2D eigenvalue weighted by Gasteiger charge is -2.34. The van der Waals surface area contributed by atoms with Crippen LogP contribution in [0.15, 0.2) is 53.1 Å². The maximum absolute atomic E-state index is 12.9. The molecule has 1 aliphatic rings. The van der Waals surface area contributed by atoms with Gasteiger partial charge >= 0.3 is 6.18 Å². The Hall–Kier alpha value is -3.40. The lowest BCUT2D eigenvalue weighted by Crippen LogP contribution is -2.48. The topological polar surface area (TPSA) is 82.7 Å². The van der Waals surface area contributed by atoms with E-state index in [0.29, 0.717) is 44.2 Å². The van der Waals surface area contributed by atoms with Gasteiger partial charge in [-0.05, 0) is 30.3 Å². The van der Waals surface area contributed by atoms with Crippen molar-refractivity contribution in [2.24, 2.45) is 0 Å². The summed E-state index contributed by atoms with van der Waals surface area (Å²) < 4.78 is 43.9. The van der Waals surface area contributed by atoms with Crippen molar-refractivity contribution in [3.05, 3.63) is 65.5 Å². The fourth-order valence-corrected chi connectivity index (χ4v) is 3.39. The number of halogens is 3. The van der Waals surface area contributed by atoms with Crippen LogP contribution in [0.4, 0.5) is 13.2 Å². The molecular formula is C21H19F3N4O3. The van der Waals surface area contributed by atoms with E-state index in [2.05, 4.69) is 10.1 Å². The highest BCUT2D eigenvalue weighted by molar-refractivity contribution is 5.94. The molecule has 7 nitrogen and oxygen atoms in total. The first-order valence-electron chi connectivity index (χ1n) is 9.60. The molecule has 31 heavy (non-hydrogen) atoms. The zero-order chi connectivity index (χ0) is 22.0. The van der Waals surface area contributed by atoms with E-state index in [1.54, 1.807) is 17.0 Å². The molecule has 1 fully saturated rings. The van der Waals surface area contributed by atoms with E-state index in [-0.39, 0.29) is 23.0 Å². The average Bonchev–Trinajstić information content (AvgIpc) is 3.22. The van der Waals surface area contributed by atoms with Crippen LogP contribution in [0, 0.1) is 0 Å². The minimum absolute atomic E-state index is 0.0393. The summed E-state index contributed by atoms with van der Waals surface area (Å²) in [7, 11) is 0. The smallest absolute Gasteiger partial charge is 0.416 e. The number of amides is 1. The summed E-state index contributed by atoms with van der Waals surface area (Å²) in [5, 5.41) is 13.3. The van der Waals surface area contributed by atoms with Crippen molar-refractivity contribution in [2.45, 2.75) is 12.7 Å². The quantitative estimate of drug-likeness (QED) is 0.680. The Morgan fingerprint density at radius 3 is 2.52 bits per heavy atom. The largest absolute Gasteiger partial charge is 0.508 e. The van der Waals surface area contributed by atoms with Gasteiger partial charge in [0, 0.05) is 37.3 Å². The summed E-state index contributed by atoms with van der Waals surface area (Å²) >= 11 is 0. The first-order valence-corrected chi connectivity index (χ1v) is 9.60. The molecule has 1 aromatic heterocycles. The molecule has 0 unspecified atom stereocenters. The number of aromatic hydroxyl groups is 1. The lowest BCUT2D eigenvalue weighted by molar-refractivity contribution is -0.137. The molecular weight excluding hydrogens is 413 g/mol. The van der Waals surface area contributed by atoms with Crippen molar-refractivity contribution in [3.63, 3.8) is 0 Å². The van der Waals surface area contributed by atoms with Crippen LogP contribution in [-0.2, 0) is 12.7 Å². The van der Waals surface area contributed by atoms with Gasteiger partial charge in [0.2, 0.25) is 11.7 Å². The second-order valence-corrected chi connectivity index (χ2v) is 7.21. The number of rotatable bonds is 4. The van der Waals surface area contributed by atoms with Gasteiger partial charge in [0.15, 0.2) is 0 Å². The standard InChI is InChI=1S/C21H19F3N4O3/c22-21(23,24)16-5-1-3-14(11-16)19-25-18(31-26-19)13-27-7-9-28(10-8-27)20(30)15-4-2-6-17(29)12-15/h1-6,11-12,29H,7-10,13H2. The summed E-state index contributed by atoms with van der Waals surface area (Å²) in [6, 6.07) is 11.0. The molecule has 10 heteroatoms. The summed E-state index contributed by atoms with van der Waals surface area (Å²) in [4.78, 5) is 20.5. The number of phenols is 1. The van der Waals surface area contributed by atoms with Gasteiger partial charge in [-0.3, -0.25) is 9.69 Å². The number of aromatic nitrogens is 2. The predicted molar refractivity (Wildman–Crippen MR) is 104 cm³/mol. The molecule has 0 atom stereocenters. The molecule has 2 aromatic carbocycles. The maximum atomic E-state index is 12.9. The van der Waals surface area contributed by atoms with Crippen LogP contribution in [-0.4, -0.2) is 57.1 Å². The van der Waals surface area contributed by atoms with Gasteiger partial charge in [0.05, 0.1) is 12.1 Å². The van der Waals surface area contributed by atoms with Gasteiger partial charge in [-0.1, -0.05) is 23.4 Å². The second kappa shape index (κ2) is 8.38. The number of piperazine rings is 1. The van der Waals surface area contributed by atoms with Gasteiger partial charge in [-0.2, -0.15) is 18.2 Å². The fraction of sp³-hybridized carbons (Fsp3) is 0.286. The predicted octanol–water partition coefficient (Wildman–Crippen LogP) is 3.42. The molecule has 0 radical (unpaired) electrons. The van der Waals surface area contributed by atoms with Gasteiger partial charge < -0.3 is 14.5 Å². The maximum Gasteiger partial charge on any atom is 0.416 e. The van der Waals surface area contributed by atoms with E-state index >= 15 is 0 Å². The number of carbonyl (C=O) groups is 1. The van der Waals surface area contributed by atoms with Gasteiger partial charge in [0.1, 0.15) is 5.75 Å². The number of nitrogens with zero attached hydrogens (tertiary/aromatic N) is 4. The highest BCUT2D eigenvalue weighted by Crippen LogP contribution is 2.31. The summed E-state index contributed by atoms with van der Waals surface area (Å²) in [6.07, 6.45) is -4.45. The van der Waals surface area contributed by atoms with Crippen LogP contribution in [0.25, 0.3) is 11.4 Å². The van der Waals surface area contributed by atoms with Crippen molar-refractivity contribution in [3.8, 4) is 17.1 Å². The van der Waals surface area contributed by atoms with Crippen LogP contribution < -0.4 is 0 Å². The minimum atomic E-state index is -4.45. The van der Waals surface area contributed by atoms with Crippen molar-refractivity contribution >= 4 is 5.91 Å². The zero-order valence-corrected chi connectivity index (χ0v) is 16.3. The normalized spacial score (nSPS) is 15.3. The first-order chi connectivity index (χ1) is 14.8. The molecule has 0 saturated carbocycles. The third kappa shape index (κ3) is 4.85. The fourth-order valence-electron chi connectivity index (χ4n) is 3.39. The van der Waals surface area contributed by atoms with Gasteiger partial charge in [-0.25, -0.2) is 0 Å². The van der Waals surface area contributed by atoms with E-state index in [1.807, 2.05) is 4.90 Å². The number of phenolic OH excluding ortho intramolecular Hbond substituents is 1. The SMILES string of the molecule is O=C(c1cccc(O)c1)N1CCN(Cc2nc(-c3cccc(C(F)(F)F)c3)no2)CC1. The Morgan fingerprint density at radius 2 is 1.81 bits per heavy atom. The Morgan fingerprint density at radius 1 is 1.06 bits per heavy atom. The van der Waals surface area contributed by atoms with Crippen LogP contribution in [0.5, 0.6) is 5.75 Å². The number of alkyl halides is 3. The summed E-state index contributed by atoms with van der Waals surface area (Å²) in [5.74, 6) is 0.275. The van der Waals surface area contributed by atoms with Crippen molar-refractivity contribution < 1.29 is 27.6 Å². The Kier molecular flexibility index (Phi) is 5.64. The molecule has 1 saturated heterocycles.